The van der Waals surface area contributed by atoms with Crippen LogP contribution in [-0.2, 0) is 11.2 Å². The minimum Gasteiger partial charge on any atom is -0.441 e. The molecule has 0 bridgehead atoms. The highest BCUT2D eigenvalue weighted by atomic mass is 16.4. The Morgan fingerprint density at radius 2 is 1.39 bits per heavy atom. The van der Waals surface area contributed by atoms with Crippen molar-refractivity contribution in [3.63, 3.8) is 0 Å². The molecule has 0 unspecified atom stereocenters. The molecule has 1 heterocycles. The number of aromatic nitrogens is 1. The van der Waals surface area contributed by atoms with E-state index in [1.807, 2.05) is 48.5 Å². The Labute approximate surface area is 191 Å². The van der Waals surface area contributed by atoms with Gasteiger partial charge in [-0.05, 0) is 36.8 Å². The van der Waals surface area contributed by atoms with Crippen LogP contribution < -0.4 is 16.0 Å². The molecule has 0 aliphatic rings. The molecule has 0 radical (unpaired) electrons. The second-order valence-corrected chi connectivity index (χ2v) is 7.41. The number of urea groups is 1. The summed E-state index contributed by atoms with van der Waals surface area (Å²) < 4.78 is 5.78. The van der Waals surface area contributed by atoms with Gasteiger partial charge in [-0.2, -0.15) is 0 Å². The van der Waals surface area contributed by atoms with Crippen molar-refractivity contribution in [3.8, 4) is 11.3 Å². The summed E-state index contributed by atoms with van der Waals surface area (Å²) in [7, 11) is 0. The van der Waals surface area contributed by atoms with Crippen LogP contribution in [0.25, 0.3) is 11.3 Å². The van der Waals surface area contributed by atoms with Crippen LogP contribution >= 0.6 is 0 Å². The average molecular weight is 441 g/mol. The van der Waals surface area contributed by atoms with Crippen LogP contribution in [-0.4, -0.2) is 16.9 Å². The van der Waals surface area contributed by atoms with E-state index in [-0.39, 0.29) is 11.9 Å². The van der Waals surface area contributed by atoms with E-state index in [1.54, 1.807) is 42.6 Å². The van der Waals surface area contributed by atoms with Crippen LogP contribution in [0.15, 0.2) is 95.5 Å². The first kappa shape index (κ1) is 21.8. The predicted octanol–water partition coefficient (Wildman–Crippen LogP) is 5.95. The van der Waals surface area contributed by atoms with Crippen LogP contribution in [0.5, 0.6) is 0 Å². The highest BCUT2D eigenvalue weighted by Gasteiger charge is 2.09. The summed E-state index contributed by atoms with van der Waals surface area (Å²) in [6.45, 7) is 0. The van der Waals surface area contributed by atoms with Crippen molar-refractivity contribution >= 4 is 29.0 Å². The fraction of sp³-hybridized carbons (Fsp3) is 0.115. The maximum Gasteiger partial charge on any atom is 0.323 e. The molecular weight excluding hydrogens is 416 g/mol. The highest BCUT2D eigenvalue weighted by Crippen LogP contribution is 2.21. The zero-order chi connectivity index (χ0) is 22.9. The van der Waals surface area contributed by atoms with E-state index in [9.17, 15) is 9.59 Å². The van der Waals surface area contributed by atoms with E-state index in [1.165, 1.54) is 0 Å². The van der Waals surface area contributed by atoms with E-state index in [2.05, 4.69) is 20.9 Å². The first-order valence-corrected chi connectivity index (χ1v) is 10.7. The van der Waals surface area contributed by atoms with Crippen molar-refractivity contribution in [1.82, 2.24) is 4.98 Å². The van der Waals surface area contributed by atoms with Crippen LogP contribution in [0.1, 0.15) is 18.7 Å². The molecule has 0 aliphatic heterocycles. The number of rotatable bonds is 8. The number of nitrogens with one attached hydrogen (secondary N) is 3. The molecule has 1 aromatic heterocycles. The Morgan fingerprint density at radius 3 is 2.15 bits per heavy atom. The lowest BCUT2D eigenvalue weighted by atomic mass is 10.2. The lowest BCUT2D eigenvalue weighted by molar-refractivity contribution is -0.116. The number of benzene rings is 3. The van der Waals surface area contributed by atoms with Crippen LogP contribution in [0.3, 0.4) is 0 Å². The molecule has 0 spiro atoms. The molecule has 3 aromatic carbocycles. The zero-order valence-corrected chi connectivity index (χ0v) is 18.0. The standard InChI is InChI=1S/C26H24N4O3/c31-24(15-8-16-25-27-18-23(33-25)19-9-3-1-4-10-19)28-21-13-7-14-22(17-21)30-26(32)29-20-11-5-2-6-12-20/h1-7,9-14,17-18H,8,15-16H2,(H,28,31)(H2,29,30,32). The third-order valence-electron chi connectivity index (χ3n) is 4.84. The normalized spacial score (nSPS) is 10.4. The fourth-order valence-corrected chi connectivity index (χ4v) is 3.28. The first-order chi connectivity index (χ1) is 16.2. The Kier molecular flexibility index (Phi) is 7.12. The minimum absolute atomic E-state index is 0.115. The second kappa shape index (κ2) is 10.8. The largest absolute Gasteiger partial charge is 0.441 e. The molecular formula is C26H24N4O3. The van der Waals surface area contributed by atoms with Gasteiger partial charge in [-0.1, -0.05) is 54.6 Å². The van der Waals surface area contributed by atoms with Crippen molar-refractivity contribution in [2.45, 2.75) is 19.3 Å². The Bertz CT molecular complexity index is 1210. The number of carbonyl (C=O) groups is 2. The van der Waals surface area contributed by atoms with Gasteiger partial charge in [-0.3, -0.25) is 4.79 Å². The number of anilines is 3. The summed E-state index contributed by atoms with van der Waals surface area (Å²) in [6, 6.07) is 25.6. The van der Waals surface area contributed by atoms with E-state index in [4.69, 9.17) is 4.42 Å². The lowest BCUT2D eigenvalue weighted by Gasteiger charge is -2.10. The maximum atomic E-state index is 12.3. The summed E-state index contributed by atoms with van der Waals surface area (Å²) in [5.74, 6) is 1.21. The summed E-state index contributed by atoms with van der Waals surface area (Å²) in [5, 5.41) is 8.38. The smallest absolute Gasteiger partial charge is 0.323 e. The number of hydrogen-bond acceptors (Lipinski definition) is 4. The molecule has 0 saturated heterocycles. The Hall–Kier alpha value is -4.39. The SMILES string of the molecule is O=C(CCCc1ncc(-c2ccccc2)o1)Nc1cccc(NC(=O)Nc2ccccc2)c1. The Balaban J connectivity index is 1.23. The zero-order valence-electron chi connectivity index (χ0n) is 18.0. The van der Waals surface area contributed by atoms with Gasteiger partial charge in [0.15, 0.2) is 11.7 Å². The molecule has 4 rings (SSSR count). The van der Waals surface area contributed by atoms with Crippen molar-refractivity contribution in [1.29, 1.82) is 0 Å². The highest BCUT2D eigenvalue weighted by molar-refractivity contribution is 6.00. The number of para-hydroxylation sites is 1. The van der Waals surface area contributed by atoms with Gasteiger partial charge in [0.25, 0.3) is 0 Å². The summed E-state index contributed by atoms with van der Waals surface area (Å²) in [6.07, 6.45) is 3.21. The molecule has 0 saturated carbocycles. The molecule has 0 aliphatic carbocycles. The molecule has 33 heavy (non-hydrogen) atoms. The van der Waals surface area contributed by atoms with Gasteiger partial charge in [0.05, 0.1) is 6.20 Å². The quantitative estimate of drug-likeness (QED) is 0.316. The first-order valence-electron chi connectivity index (χ1n) is 10.7. The van der Waals surface area contributed by atoms with Gasteiger partial charge in [0, 0.05) is 35.5 Å². The van der Waals surface area contributed by atoms with Gasteiger partial charge in [-0.15, -0.1) is 0 Å². The third-order valence-corrected chi connectivity index (χ3v) is 4.84. The third kappa shape index (κ3) is 6.54. The molecule has 3 amide bonds. The van der Waals surface area contributed by atoms with Gasteiger partial charge < -0.3 is 20.4 Å². The average Bonchev–Trinajstić information content (AvgIpc) is 3.29. The topological polar surface area (TPSA) is 96.3 Å². The fourth-order valence-electron chi connectivity index (χ4n) is 3.28. The second-order valence-electron chi connectivity index (χ2n) is 7.41. The maximum absolute atomic E-state index is 12.3. The van der Waals surface area contributed by atoms with E-state index in [0.717, 1.165) is 11.3 Å². The Morgan fingerprint density at radius 1 is 0.758 bits per heavy atom. The van der Waals surface area contributed by atoms with Gasteiger partial charge in [0.2, 0.25) is 5.91 Å². The number of nitrogens with zero attached hydrogens (tertiary/aromatic N) is 1. The molecule has 7 heteroatoms. The van der Waals surface area contributed by atoms with Crippen LogP contribution in [0.2, 0.25) is 0 Å². The van der Waals surface area contributed by atoms with E-state index < -0.39 is 0 Å². The van der Waals surface area contributed by atoms with Crippen LogP contribution in [0.4, 0.5) is 21.9 Å². The van der Waals surface area contributed by atoms with Gasteiger partial charge in [0.1, 0.15) is 0 Å². The van der Waals surface area contributed by atoms with Crippen molar-refractivity contribution in [3.05, 3.63) is 97.0 Å². The molecule has 0 atom stereocenters. The molecule has 3 N–H and O–H groups in total. The lowest BCUT2D eigenvalue weighted by Crippen LogP contribution is -2.19. The number of aryl methyl sites for hydroxylation is 1. The summed E-state index contributed by atoms with van der Waals surface area (Å²) >= 11 is 0. The summed E-state index contributed by atoms with van der Waals surface area (Å²) in [4.78, 5) is 28.8. The number of carbonyl (C=O) groups excluding carboxylic acids is 2. The summed E-state index contributed by atoms with van der Waals surface area (Å²) in [5.41, 5.74) is 2.86. The monoisotopic (exact) mass is 440 g/mol. The van der Waals surface area contributed by atoms with Gasteiger partial charge >= 0.3 is 6.03 Å². The number of amides is 3. The molecule has 7 nitrogen and oxygen atoms in total. The molecule has 4 aromatic rings. The van der Waals surface area contributed by atoms with Gasteiger partial charge in [-0.25, -0.2) is 9.78 Å². The van der Waals surface area contributed by atoms with Crippen LogP contribution in [0, 0.1) is 0 Å². The number of hydrogen-bond donors (Lipinski definition) is 3. The molecule has 0 fully saturated rings. The van der Waals surface area contributed by atoms with Crippen molar-refractivity contribution in [2.75, 3.05) is 16.0 Å². The molecule has 166 valence electrons. The minimum atomic E-state index is -0.356. The van der Waals surface area contributed by atoms with E-state index in [0.29, 0.717) is 42.2 Å². The van der Waals surface area contributed by atoms with E-state index >= 15 is 0 Å². The van der Waals surface area contributed by atoms with Crippen molar-refractivity contribution in [2.24, 2.45) is 0 Å². The predicted molar refractivity (Wildman–Crippen MR) is 129 cm³/mol. The number of oxazole rings is 1. The van der Waals surface area contributed by atoms with Crippen molar-refractivity contribution < 1.29 is 14.0 Å².